The first-order valence-corrected chi connectivity index (χ1v) is 22.8. The fourth-order valence-corrected chi connectivity index (χ4v) is 12.0. The highest BCUT2D eigenvalue weighted by Gasteiger charge is 2.21. The van der Waals surface area contributed by atoms with Gasteiger partial charge in [0.05, 0.1) is 0 Å². The lowest BCUT2D eigenvalue weighted by Crippen LogP contribution is -1.91. The predicted molar refractivity (Wildman–Crippen MR) is 276 cm³/mol. The minimum Gasteiger partial charge on any atom is -0.456 e. The minimum atomic E-state index is 0.909. The van der Waals surface area contributed by atoms with Crippen molar-refractivity contribution in [2.45, 2.75) is 0 Å². The third kappa shape index (κ3) is 5.18. The summed E-state index contributed by atoms with van der Waals surface area (Å²) in [5.41, 5.74) is 11.8. The van der Waals surface area contributed by atoms with E-state index in [1.54, 1.807) is 0 Å². The van der Waals surface area contributed by atoms with Gasteiger partial charge in [-0.2, -0.15) is 0 Å². The molecule has 0 aliphatic heterocycles. The molecule has 0 atom stereocenters. The Bertz CT molecular complexity index is 4130. The van der Waals surface area contributed by atoms with Gasteiger partial charge in [0.2, 0.25) is 0 Å². The van der Waals surface area contributed by atoms with Gasteiger partial charge in [-0.25, -0.2) is 0 Å². The molecule has 14 rings (SSSR count). The van der Waals surface area contributed by atoms with Gasteiger partial charge in [-0.3, -0.25) is 0 Å². The van der Waals surface area contributed by atoms with Crippen molar-refractivity contribution in [3.05, 3.63) is 218 Å². The summed E-state index contributed by atoms with van der Waals surface area (Å²) in [6, 6.07) is 80.5. The maximum atomic E-state index is 6.45. The third-order valence-electron chi connectivity index (χ3n) is 13.6. The summed E-state index contributed by atoms with van der Waals surface area (Å²) in [5.74, 6) is 0. The van der Waals surface area contributed by atoms with Crippen LogP contribution in [0.15, 0.2) is 223 Å². The highest BCUT2D eigenvalue weighted by molar-refractivity contribution is 7.25. The quantitative estimate of drug-likeness (QED) is 0.161. The average molecular weight is 829 g/mol. The Kier molecular flexibility index (Phi) is 7.63. The molecule has 64 heavy (non-hydrogen) atoms. The molecule has 0 aliphatic carbocycles. The van der Waals surface area contributed by atoms with Crippen LogP contribution in [0.25, 0.3) is 140 Å². The number of rotatable bonds is 4. The molecule has 0 N–H and O–H groups in total. The van der Waals surface area contributed by atoms with Gasteiger partial charge in [0.25, 0.3) is 0 Å². The van der Waals surface area contributed by atoms with Gasteiger partial charge in [0.15, 0.2) is 0 Å². The Morgan fingerprint density at radius 2 is 0.688 bits per heavy atom. The van der Waals surface area contributed by atoms with E-state index in [4.69, 9.17) is 4.42 Å². The monoisotopic (exact) mass is 828 g/mol. The van der Waals surface area contributed by atoms with Crippen LogP contribution in [0.3, 0.4) is 0 Å². The molecule has 2 aromatic heterocycles. The molecule has 2 heterocycles. The van der Waals surface area contributed by atoms with Gasteiger partial charge in [-0.15, -0.1) is 11.3 Å². The van der Waals surface area contributed by atoms with Gasteiger partial charge in [0.1, 0.15) is 11.2 Å². The molecule has 0 fully saturated rings. The third-order valence-corrected chi connectivity index (χ3v) is 14.8. The zero-order valence-electron chi connectivity index (χ0n) is 34.6. The van der Waals surface area contributed by atoms with E-state index >= 15 is 0 Å². The predicted octanol–water partition coefficient (Wildman–Crippen LogP) is 18.4. The van der Waals surface area contributed by atoms with Crippen LogP contribution >= 0.6 is 11.3 Å². The standard InChI is InChI=1S/C62H36OS/c1-2-15-38(16-3-1)58-44-18-6-8-20-46(44)61(47-21-9-7-19-45(47)58)41-26-30-43-52-34-40(29-33-56(52)64-57(43)36-41)60-50-24-12-10-22-48(50)59(49-23-11-13-25-51(49)60)39-28-31-54-53(35-39)62-42-17-5-4-14-37(42)27-32-55(62)63-54/h1-36H. The summed E-state index contributed by atoms with van der Waals surface area (Å²) in [7, 11) is 0. The van der Waals surface area contributed by atoms with Crippen molar-refractivity contribution in [2.24, 2.45) is 0 Å². The summed E-state index contributed by atoms with van der Waals surface area (Å²) in [4.78, 5) is 0. The van der Waals surface area contributed by atoms with E-state index in [0.29, 0.717) is 0 Å². The van der Waals surface area contributed by atoms with E-state index in [-0.39, 0.29) is 0 Å². The second kappa shape index (κ2) is 13.7. The molecule has 0 unspecified atom stereocenters. The average Bonchev–Trinajstić information content (AvgIpc) is 3.92. The first kappa shape index (κ1) is 35.5. The molecule has 0 radical (unpaired) electrons. The summed E-state index contributed by atoms with van der Waals surface area (Å²) >= 11 is 1.89. The SMILES string of the molecule is c1ccc(-c2c3ccccc3c(-c3ccc4c(c3)sc3ccc(-c5c6ccccc6c(-c6ccc7oc8ccc9ccccc9c8c7c6)c6ccccc56)cc34)c3ccccc23)cc1. The molecule has 14 aromatic rings. The van der Waals surface area contributed by atoms with Crippen molar-refractivity contribution in [1.82, 2.24) is 0 Å². The Balaban J connectivity index is 0.953. The fourth-order valence-electron chi connectivity index (χ4n) is 10.9. The maximum absolute atomic E-state index is 6.45. The van der Waals surface area contributed by atoms with Crippen molar-refractivity contribution in [3.63, 3.8) is 0 Å². The highest BCUT2D eigenvalue weighted by Crippen LogP contribution is 2.49. The van der Waals surface area contributed by atoms with Crippen LogP contribution in [-0.4, -0.2) is 0 Å². The van der Waals surface area contributed by atoms with E-state index in [0.717, 1.165) is 16.6 Å². The topological polar surface area (TPSA) is 13.1 Å². The van der Waals surface area contributed by atoms with Crippen LogP contribution in [0, 0.1) is 0 Å². The van der Waals surface area contributed by atoms with E-state index in [9.17, 15) is 0 Å². The summed E-state index contributed by atoms with van der Waals surface area (Å²) < 4.78 is 9.04. The number of benzene rings is 12. The lowest BCUT2D eigenvalue weighted by Gasteiger charge is -2.18. The Labute approximate surface area is 372 Å². The van der Waals surface area contributed by atoms with Gasteiger partial charge in [-0.05, 0) is 135 Å². The molecule has 296 valence electrons. The van der Waals surface area contributed by atoms with Crippen molar-refractivity contribution in [3.8, 4) is 44.5 Å². The number of furan rings is 1. The number of thiophene rings is 1. The van der Waals surface area contributed by atoms with Crippen molar-refractivity contribution < 1.29 is 4.42 Å². The fraction of sp³-hybridized carbons (Fsp3) is 0. The van der Waals surface area contributed by atoms with Gasteiger partial charge >= 0.3 is 0 Å². The number of hydrogen-bond acceptors (Lipinski definition) is 2. The molecule has 0 bridgehead atoms. The number of fused-ring (bicyclic) bond motifs is 12. The zero-order chi connectivity index (χ0) is 41.9. The molecule has 0 spiro atoms. The molecular weight excluding hydrogens is 793 g/mol. The van der Waals surface area contributed by atoms with Crippen LogP contribution in [0.4, 0.5) is 0 Å². The van der Waals surface area contributed by atoms with Crippen LogP contribution in [0.2, 0.25) is 0 Å². The molecular formula is C62H36OS. The van der Waals surface area contributed by atoms with Gasteiger partial charge in [-0.1, -0.05) is 182 Å². The molecule has 0 amide bonds. The van der Waals surface area contributed by atoms with E-state index in [1.807, 2.05) is 11.3 Å². The van der Waals surface area contributed by atoms with Gasteiger partial charge in [0, 0.05) is 30.9 Å². The lowest BCUT2D eigenvalue weighted by molar-refractivity contribution is 0.669. The highest BCUT2D eigenvalue weighted by atomic mass is 32.1. The van der Waals surface area contributed by atoms with Crippen LogP contribution < -0.4 is 0 Å². The smallest absolute Gasteiger partial charge is 0.136 e. The Morgan fingerprint density at radius 1 is 0.250 bits per heavy atom. The molecule has 1 nitrogen and oxygen atoms in total. The minimum absolute atomic E-state index is 0.909. The van der Waals surface area contributed by atoms with E-state index in [2.05, 4.69) is 218 Å². The molecule has 2 heteroatoms. The second-order valence-corrected chi connectivity index (χ2v) is 18.1. The second-order valence-electron chi connectivity index (χ2n) is 17.0. The maximum Gasteiger partial charge on any atom is 0.136 e. The Morgan fingerprint density at radius 3 is 1.27 bits per heavy atom. The number of hydrogen-bond donors (Lipinski definition) is 0. The summed E-state index contributed by atoms with van der Waals surface area (Å²) in [6.45, 7) is 0. The van der Waals surface area contributed by atoms with Crippen LogP contribution in [0.1, 0.15) is 0 Å². The van der Waals surface area contributed by atoms with Crippen molar-refractivity contribution >= 4 is 107 Å². The van der Waals surface area contributed by atoms with Gasteiger partial charge < -0.3 is 4.42 Å². The first-order valence-electron chi connectivity index (χ1n) is 22.0. The lowest BCUT2D eigenvalue weighted by atomic mass is 9.85. The van der Waals surface area contributed by atoms with Crippen LogP contribution in [-0.2, 0) is 0 Å². The molecule has 0 aliphatic rings. The first-order chi connectivity index (χ1) is 31.7. The molecule has 0 saturated carbocycles. The summed E-state index contributed by atoms with van der Waals surface area (Å²) in [5, 5.41) is 17.4. The largest absolute Gasteiger partial charge is 0.456 e. The van der Waals surface area contributed by atoms with E-state index in [1.165, 1.54) is 124 Å². The summed E-state index contributed by atoms with van der Waals surface area (Å²) in [6.07, 6.45) is 0. The van der Waals surface area contributed by atoms with Crippen LogP contribution in [0.5, 0.6) is 0 Å². The van der Waals surface area contributed by atoms with E-state index < -0.39 is 0 Å². The molecule has 12 aromatic carbocycles. The van der Waals surface area contributed by atoms with Crippen molar-refractivity contribution in [1.29, 1.82) is 0 Å². The zero-order valence-corrected chi connectivity index (χ0v) is 35.4. The molecule has 0 saturated heterocycles. The van der Waals surface area contributed by atoms with Crippen molar-refractivity contribution in [2.75, 3.05) is 0 Å². The normalized spacial score (nSPS) is 12.1. The Hall–Kier alpha value is -8.04.